The number of nitrogens with one attached hydrogen (secondary N) is 1. The maximum absolute atomic E-state index is 9.79. The molecule has 4 nitrogen and oxygen atoms in total. The van der Waals surface area contributed by atoms with E-state index in [-0.39, 0.29) is 0 Å². The van der Waals surface area contributed by atoms with E-state index in [4.69, 9.17) is 4.74 Å². The number of aliphatic hydroxyl groups is 1. The van der Waals surface area contributed by atoms with Crippen molar-refractivity contribution in [2.45, 2.75) is 39.3 Å². The summed E-state index contributed by atoms with van der Waals surface area (Å²) in [5.74, 6) is 0.811. The molecule has 21 heavy (non-hydrogen) atoms. The fraction of sp³-hybridized carbons (Fsp3) is 0.647. The largest absolute Gasteiger partial charge is 0.491 e. The van der Waals surface area contributed by atoms with E-state index >= 15 is 0 Å². The van der Waals surface area contributed by atoms with Crippen molar-refractivity contribution in [3.63, 3.8) is 0 Å². The highest BCUT2D eigenvalue weighted by Crippen LogP contribution is 2.13. The van der Waals surface area contributed by atoms with Crippen molar-refractivity contribution in [3.05, 3.63) is 29.8 Å². The molecule has 0 bridgehead atoms. The maximum atomic E-state index is 9.79. The van der Waals surface area contributed by atoms with Crippen LogP contribution in [0, 0.1) is 0 Å². The van der Waals surface area contributed by atoms with Gasteiger partial charge in [0.05, 0.1) is 0 Å². The van der Waals surface area contributed by atoms with Crippen molar-refractivity contribution in [2.24, 2.45) is 0 Å². The zero-order valence-corrected chi connectivity index (χ0v) is 13.8. The number of hydrogen-bond donors (Lipinski definition) is 2. The molecule has 0 radical (unpaired) electrons. The Morgan fingerprint density at radius 2 is 1.90 bits per heavy atom. The molecule has 0 fully saturated rings. The molecule has 1 rings (SSSR count). The van der Waals surface area contributed by atoms with Crippen molar-refractivity contribution in [1.82, 2.24) is 10.2 Å². The third-order valence-electron chi connectivity index (χ3n) is 3.45. The van der Waals surface area contributed by atoms with E-state index in [0.29, 0.717) is 19.2 Å². The van der Waals surface area contributed by atoms with Crippen LogP contribution >= 0.6 is 0 Å². The molecular weight excluding hydrogens is 264 g/mol. The van der Waals surface area contributed by atoms with Gasteiger partial charge in [-0.1, -0.05) is 32.9 Å². The molecule has 0 spiro atoms. The number of ether oxygens (including phenoxy) is 1. The van der Waals surface area contributed by atoms with Crippen LogP contribution in [0.3, 0.4) is 0 Å². The second kappa shape index (κ2) is 9.77. The van der Waals surface area contributed by atoms with Crippen molar-refractivity contribution in [3.8, 4) is 5.75 Å². The van der Waals surface area contributed by atoms with Crippen LogP contribution in [0.25, 0.3) is 0 Å². The first-order valence-corrected chi connectivity index (χ1v) is 7.83. The monoisotopic (exact) mass is 294 g/mol. The average molecular weight is 294 g/mol. The van der Waals surface area contributed by atoms with Crippen molar-refractivity contribution in [1.29, 1.82) is 0 Å². The molecule has 1 unspecified atom stereocenters. The molecule has 2 N–H and O–H groups in total. The van der Waals surface area contributed by atoms with Gasteiger partial charge in [0.1, 0.15) is 18.5 Å². The molecule has 120 valence electrons. The van der Waals surface area contributed by atoms with Gasteiger partial charge in [0, 0.05) is 19.1 Å². The standard InChI is InChI=1S/C17H30N2O2/c1-5-19(4)11-10-15-6-8-17(9-7-15)21-13-16(20)12-18-14(2)3/h6-9,14,16,18,20H,5,10-13H2,1-4H3. The molecule has 0 aliphatic carbocycles. The lowest BCUT2D eigenvalue weighted by Gasteiger charge is -2.15. The molecule has 1 atom stereocenters. The number of likely N-dealkylation sites (N-methyl/N-ethyl adjacent to an activating group) is 1. The first-order chi connectivity index (χ1) is 10.0. The minimum absolute atomic E-state index is 0.317. The minimum Gasteiger partial charge on any atom is -0.491 e. The van der Waals surface area contributed by atoms with Gasteiger partial charge in [-0.2, -0.15) is 0 Å². The zero-order valence-electron chi connectivity index (χ0n) is 13.8. The third kappa shape index (κ3) is 8.05. The van der Waals surface area contributed by atoms with Crippen LogP contribution in [0.5, 0.6) is 5.75 Å². The molecule has 0 saturated heterocycles. The first-order valence-electron chi connectivity index (χ1n) is 7.83. The summed E-state index contributed by atoms with van der Waals surface area (Å²) in [6.45, 7) is 9.29. The number of hydrogen-bond acceptors (Lipinski definition) is 4. The quantitative estimate of drug-likeness (QED) is 0.692. The van der Waals surface area contributed by atoms with Gasteiger partial charge in [0.15, 0.2) is 0 Å². The van der Waals surface area contributed by atoms with Gasteiger partial charge in [0.25, 0.3) is 0 Å². The highest BCUT2D eigenvalue weighted by molar-refractivity contribution is 5.27. The molecule has 0 aliphatic rings. The molecule has 0 aromatic heterocycles. The molecule has 0 heterocycles. The summed E-state index contributed by atoms with van der Waals surface area (Å²) >= 11 is 0. The lowest BCUT2D eigenvalue weighted by molar-refractivity contribution is 0.104. The molecule has 0 amide bonds. The number of aliphatic hydroxyl groups excluding tert-OH is 1. The van der Waals surface area contributed by atoms with Gasteiger partial charge in [-0.3, -0.25) is 0 Å². The lowest BCUT2D eigenvalue weighted by Crippen LogP contribution is -2.35. The predicted molar refractivity (Wildman–Crippen MR) is 88.0 cm³/mol. The smallest absolute Gasteiger partial charge is 0.119 e. The van der Waals surface area contributed by atoms with Crippen molar-refractivity contribution in [2.75, 3.05) is 33.3 Å². The highest BCUT2D eigenvalue weighted by Gasteiger charge is 2.06. The lowest BCUT2D eigenvalue weighted by atomic mass is 10.1. The summed E-state index contributed by atoms with van der Waals surface area (Å²) in [5, 5.41) is 13.0. The summed E-state index contributed by atoms with van der Waals surface area (Å²) < 4.78 is 5.60. The van der Waals surface area contributed by atoms with Gasteiger partial charge >= 0.3 is 0 Å². The Labute approximate surface area is 129 Å². The Hall–Kier alpha value is -1.10. The minimum atomic E-state index is -0.481. The maximum Gasteiger partial charge on any atom is 0.119 e. The highest BCUT2D eigenvalue weighted by atomic mass is 16.5. The molecule has 1 aromatic carbocycles. The van der Waals surface area contributed by atoms with E-state index in [0.717, 1.165) is 25.3 Å². The van der Waals surface area contributed by atoms with Gasteiger partial charge in [0.2, 0.25) is 0 Å². The predicted octanol–water partition coefficient (Wildman–Crippen LogP) is 1.92. The van der Waals surface area contributed by atoms with E-state index in [1.165, 1.54) is 5.56 Å². The molecule has 0 aliphatic heterocycles. The molecular formula is C17H30N2O2. The van der Waals surface area contributed by atoms with Crippen LogP contribution < -0.4 is 10.1 Å². The van der Waals surface area contributed by atoms with Crippen LogP contribution in [0.1, 0.15) is 26.3 Å². The fourth-order valence-electron chi connectivity index (χ4n) is 1.85. The Morgan fingerprint density at radius 3 is 2.48 bits per heavy atom. The van der Waals surface area contributed by atoms with Crippen LogP contribution in [0.15, 0.2) is 24.3 Å². The average Bonchev–Trinajstić information content (AvgIpc) is 2.49. The molecule has 4 heteroatoms. The summed E-state index contributed by atoms with van der Waals surface area (Å²) in [6.07, 6.45) is 0.566. The van der Waals surface area contributed by atoms with Gasteiger partial charge in [-0.05, 0) is 37.7 Å². The third-order valence-corrected chi connectivity index (χ3v) is 3.45. The Balaban J connectivity index is 2.30. The van der Waals surface area contributed by atoms with Crippen molar-refractivity contribution >= 4 is 0 Å². The van der Waals surface area contributed by atoms with Gasteiger partial charge in [-0.15, -0.1) is 0 Å². The fourth-order valence-corrected chi connectivity index (χ4v) is 1.85. The van der Waals surface area contributed by atoms with Crippen LogP contribution in [0.2, 0.25) is 0 Å². The van der Waals surface area contributed by atoms with E-state index < -0.39 is 6.10 Å². The van der Waals surface area contributed by atoms with Crippen LogP contribution in [0.4, 0.5) is 0 Å². The SMILES string of the molecule is CCN(C)CCc1ccc(OCC(O)CNC(C)C)cc1. The van der Waals surface area contributed by atoms with Crippen molar-refractivity contribution < 1.29 is 9.84 Å². The number of rotatable bonds is 10. The summed E-state index contributed by atoms with van der Waals surface area (Å²) in [4.78, 5) is 2.29. The van der Waals surface area contributed by atoms with Gasteiger partial charge < -0.3 is 20.1 Å². The Bertz CT molecular complexity index is 379. The first kappa shape index (κ1) is 18.0. The number of nitrogens with zero attached hydrogens (tertiary/aromatic N) is 1. The summed E-state index contributed by atoms with van der Waals surface area (Å²) in [6, 6.07) is 8.52. The van der Waals surface area contributed by atoms with Crippen LogP contribution in [-0.4, -0.2) is 55.4 Å². The second-order valence-corrected chi connectivity index (χ2v) is 5.82. The number of benzene rings is 1. The summed E-state index contributed by atoms with van der Waals surface area (Å²) in [5.41, 5.74) is 1.31. The second-order valence-electron chi connectivity index (χ2n) is 5.82. The van der Waals surface area contributed by atoms with E-state index in [1.807, 2.05) is 12.1 Å². The van der Waals surface area contributed by atoms with E-state index in [2.05, 4.69) is 50.2 Å². The Morgan fingerprint density at radius 1 is 1.24 bits per heavy atom. The molecule has 1 aromatic rings. The topological polar surface area (TPSA) is 44.7 Å². The van der Waals surface area contributed by atoms with E-state index in [1.54, 1.807) is 0 Å². The normalized spacial score (nSPS) is 12.9. The van der Waals surface area contributed by atoms with E-state index in [9.17, 15) is 5.11 Å². The zero-order chi connectivity index (χ0) is 15.7. The van der Waals surface area contributed by atoms with Gasteiger partial charge in [-0.25, -0.2) is 0 Å². The molecule has 0 saturated carbocycles. The Kier molecular flexibility index (Phi) is 8.35. The van der Waals surface area contributed by atoms with Crippen LogP contribution in [-0.2, 0) is 6.42 Å². The summed E-state index contributed by atoms with van der Waals surface area (Å²) in [7, 11) is 2.13.